The van der Waals surface area contributed by atoms with Crippen LogP contribution < -0.4 is 0 Å². The van der Waals surface area contributed by atoms with E-state index < -0.39 is 12.0 Å². The van der Waals surface area contributed by atoms with Crippen LogP contribution in [0.5, 0.6) is 0 Å². The molecule has 17 heavy (non-hydrogen) atoms. The molecule has 1 aliphatic heterocycles. The monoisotopic (exact) mass is 234 g/mol. The number of aryl methyl sites for hydroxylation is 1. The van der Waals surface area contributed by atoms with Crippen LogP contribution in [0.2, 0.25) is 0 Å². The van der Waals surface area contributed by atoms with Crippen molar-refractivity contribution in [3.8, 4) is 0 Å². The summed E-state index contributed by atoms with van der Waals surface area (Å²) in [4.78, 5) is 28.1. The van der Waals surface area contributed by atoms with Gasteiger partial charge in [-0.2, -0.15) is 0 Å². The zero-order valence-corrected chi connectivity index (χ0v) is 9.59. The quantitative estimate of drug-likeness (QED) is 0.845. The number of carboxylic acid groups (broad SMARTS) is 1. The summed E-state index contributed by atoms with van der Waals surface area (Å²) in [7, 11) is 0. The van der Waals surface area contributed by atoms with Crippen molar-refractivity contribution in [2.45, 2.75) is 32.4 Å². The van der Waals surface area contributed by atoms with Crippen molar-refractivity contribution in [2.75, 3.05) is 0 Å². The van der Waals surface area contributed by atoms with Gasteiger partial charge in [0.15, 0.2) is 0 Å². The molecule has 5 nitrogen and oxygen atoms in total. The molecule has 0 spiro atoms. The molecule has 90 valence electrons. The van der Waals surface area contributed by atoms with Gasteiger partial charge in [-0.05, 0) is 25.0 Å². The van der Waals surface area contributed by atoms with Gasteiger partial charge in [-0.25, -0.2) is 4.79 Å². The second kappa shape index (κ2) is 4.53. The first-order valence-corrected chi connectivity index (χ1v) is 5.52. The summed E-state index contributed by atoms with van der Waals surface area (Å²) in [6, 6.07) is 3.03. The van der Waals surface area contributed by atoms with Crippen LogP contribution in [-0.2, 0) is 16.1 Å². The number of carboxylic acids is 1. The maximum absolute atomic E-state index is 11.6. The van der Waals surface area contributed by atoms with E-state index in [2.05, 4.69) is 4.98 Å². The van der Waals surface area contributed by atoms with E-state index in [9.17, 15) is 9.59 Å². The number of aliphatic carboxylic acids is 1. The highest BCUT2D eigenvalue weighted by atomic mass is 16.4. The fraction of sp³-hybridized carbons (Fsp3) is 0.417. The van der Waals surface area contributed by atoms with E-state index >= 15 is 0 Å². The van der Waals surface area contributed by atoms with E-state index in [1.165, 1.54) is 4.90 Å². The standard InChI is InChI=1S/C12H14N2O3/c1-8-2-3-9(6-13-8)7-14-10(12(16)17)4-5-11(14)15/h2-3,6,10H,4-5,7H2,1H3,(H,16,17). The molecule has 2 heterocycles. The highest BCUT2D eigenvalue weighted by Gasteiger charge is 2.35. The minimum absolute atomic E-state index is 0.0991. The average molecular weight is 234 g/mol. The molecule has 1 atom stereocenters. The van der Waals surface area contributed by atoms with Crippen LogP contribution in [0.3, 0.4) is 0 Å². The molecule has 0 aromatic carbocycles. The van der Waals surface area contributed by atoms with Crippen LogP contribution in [0.4, 0.5) is 0 Å². The number of nitrogens with zero attached hydrogens (tertiary/aromatic N) is 2. The third-order valence-electron chi connectivity index (χ3n) is 2.94. The van der Waals surface area contributed by atoms with Crippen molar-refractivity contribution in [1.82, 2.24) is 9.88 Å². The van der Waals surface area contributed by atoms with Crippen LogP contribution in [0.25, 0.3) is 0 Å². The Balaban J connectivity index is 2.13. The zero-order valence-electron chi connectivity index (χ0n) is 9.59. The number of aromatic nitrogens is 1. The van der Waals surface area contributed by atoms with Crippen molar-refractivity contribution in [3.63, 3.8) is 0 Å². The SMILES string of the molecule is Cc1ccc(CN2C(=O)CCC2C(=O)O)cn1. The molecule has 5 heteroatoms. The predicted octanol–water partition coefficient (Wildman–Crippen LogP) is 0.966. The number of carbonyl (C=O) groups is 2. The number of pyridine rings is 1. The van der Waals surface area contributed by atoms with Gasteiger partial charge in [-0.3, -0.25) is 9.78 Å². The number of likely N-dealkylation sites (tertiary alicyclic amines) is 1. The van der Waals surface area contributed by atoms with Crippen molar-refractivity contribution in [1.29, 1.82) is 0 Å². The van der Waals surface area contributed by atoms with Gasteiger partial charge >= 0.3 is 5.97 Å². The van der Waals surface area contributed by atoms with E-state index in [0.29, 0.717) is 19.4 Å². The van der Waals surface area contributed by atoms with Gasteiger partial charge in [0, 0.05) is 24.9 Å². The summed E-state index contributed by atoms with van der Waals surface area (Å²) in [6.07, 6.45) is 2.39. The van der Waals surface area contributed by atoms with Gasteiger partial charge < -0.3 is 10.0 Å². The summed E-state index contributed by atoms with van der Waals surface area (Å²) >= 11 is 0. The number of carbonyl (C=O) groups excluding carboxylic acids is 1. The second-order valence-electron chi connectivity index (χ2n) is 4.22. The Kier molecular flexibility index (Phi) is 3.08. The fourth-order valence-corrected chi connectivity index (χ4v) is 1.98. The van der Waals surface area contributed by atoms with Crippen LogP contribution in [-0.4, -0.2) is 32.9 Å². The number of hydrogen-bond donors (Lipinski definition) is 1. The Morgan fingerprint density at radius 3 is 2.94 bits per heavy atom. The largest absolute Gasteiger partial charge is 0.480 e. The maximum Gasteiger partial charge on any atom is 0.326 e. The Morgan fingerprint density at radius 2 is 2.35 bits per heavy atom. The topological polar surface area (TPSA) is 70.5 Å². The van der Waals surface area contributed by atoms with E-state index in [1.807, 2.05) is 19.1 Å². The van der Waals surface area contributed by atoms with Crippen molar-refractivity contribution in [2.24, 2.45) is 0 Å². The molecule has 1 aromatic heterocycles. The second-order valence-corrected chi connectivity index (χ2v) is 4.22. The molecular formula is C12H14N2O3. The lowest BCUT2D eigenvalue weighted by atomic mass is 10.2. The van der Waals surface area contributed by atoms with Gasteiger partial charge in [-0.15, -0.1) is 0 Å². The summed E-state index contributed by atoms with van der Waals surface area (Å²) in [5, 5.41) is 9.01. The van der Waals surface area contributed by atoms with Crippen LogP contribution in [0.1, 0.15) is 24.1 Å². The van der Waals surface area contributed by atoms with Crippen LogP contribution >= 0.6 is 0 Å². The third-order valence-corrected chi connectivity index (χ3v) is 2.94. The molecule has 1 N–H and O–H groups in total. The summed E-state index contributed by atoms with van der Waals surface area (Å²) in [5.74, 6) is -1.03. The number of hydrogen-bond acceptors (Lipinski definition) is 3. The molecule has 1 saturated heterocycles. The predicted molar refractivity (Wildman–Crippen MR) is 60.2 cm³/mol. The molecule has 0 bridgehead atoms. The van der Waals surface area contributed by atoms with Crippen LogP contribution in [0.15, 0.2) is 18.3 Å². The first-order chi connectivity index (χ1) is 8.08. The minimum atomic E-state index is -0.934. The Morgan fingerprint density at radius 1 is 1.59 bits per heavy atom. The normalized spacial score (nSPS) is 19.7. The van der Waals surface area contributed by atoms with Crippen LogP contribution in [0, 0.1) is 6.92 Å². The Labute approximate surface area is 99.1 Å². The average Bonchev–Trinajstić information content (AvgIpc) is 2.64. The minimum Gasteiger partial charge on any atom is -0.480 e. The molecule has 1 fully saturated rings. The Hall–Kier alpha value is -1.91. The number of amides is 1. The van der Waals surface area contributed by atoms with Crippen molar-refractivity contribution >= 4 is 11.9 Å². The number of rotatable bonds is 3. The molecule has 0 radical (unpaired) electrons. The van der Waals surface area contributed by atoms with Gasteiger partial charge in [0.05, 0.1) is 0 Å². The third kappa shape index (κ3) is 2.43. The molecule has 2 rings (SSSR count). The van der Waals surface area contributed by atoms with E-state index in [1.54, 1.807) is 6.20 Å². The highest BCUT2D eigenvalue weighted by molar-refractivity contribution is 5.87. The lowest BCUT2D eigenvalue weighted by molar-refractivity contribution is -0.146. The molecule has 1 aromatic rings. The zero-order chi connectivity index (χ0) is 12.4. The van der Waals surface area contributed by atoms with Gasteiger partial charge in [-0.1, -0.05) is 6.07 Å². The fourth-order valence-electron chi connectivity index (χ4n) is 1.98. The van der Waals surface area contributed by atoms with Gasteiger partial charge in [0.25, 0.3) is 0 Å². The molecule has 0 aliphatic carbocycles. The first-order valence-electron chi connectivity index (χ1n) is 5.52. The molecule has 1 unspecified atom stereocenters. The lowest BCUT2D eigenvalue weighted by Crippen LogP contribution is -2.37. The van der Waals surface area contributed by atoms with Crippen molar-refractivity contribution in [3.05, 3.63) is 29.6 Å². The summed E-state index contributed by atoms with van der Waals surface area (Å²) in [6.45, 7) is 2.20. The van der Waals surface area contributed by atoms with Gasteiger partial charge in [0.2, 0.25) is 5.91 Å². The van der Waals surface area contributed by atoms with E-state index in [-0.39, 0.29) is 5.91 Å². The smallest absolute Gasteiger partial charge is 0.326 e. The van der Waals surface area contributed by atoms with Gasteiger partial charge in [0.1, 0.15) is 6.04 Å². The molecule has 1 aliphatic rings. The van der Waals surface area contributed by atoms with E-state index in [0.717, 1.165) is 11.3 Å². The summed E-state index contributed by atoms with van der Waals surface area (Å²) in [5.41, 5.74) is 1.76. The Bertz CT molecular complexity index is 442. The highest BCUT2D eigenvalue weighted by Crippen LogP contribution is 2.21. The summed E-state index contributed by atoms with van der Waals surface area (Å²) < 4.78 is 0. The van der Waals surface area contributed by atoms with Crippen molar-refractivity contribution < 1.29 is 14.7 Å². The van der Waals surface area contributed by atoms with E-state index in [4.69, 9.17) is 5.11 Å². The molecule has 1 amide bonds. The maximum atomic E-state index is 11.6. The molecule has 0 saturated carbocycles. The lowest BCUT2D eigenvalue weighted by Gasteiger charge is -2.21. The molecular weight excluding hydrogens is 220 g/mol. The first kappa shape index (κ1) is 11.6.